The van der Waals surface area contributed by atoms with Gasteiger partial charge in [0.2, 0.25) is 0 Å². The third-order valence-corrected chi connectivity index (χ3v) is 4.94. The number of carbonyl (C=O) groups is 1. The first-order valence-electron chi connectivity index (χ1n) is 9.65. The Morgan fingerprint density at radius 3 is 2.31 bits per heavy atom. The molecule has 3 aromatic carbocycles. The maximum absolute atomic E-state index is 12.4. The first-order chi connectivity index (χ1) is 15.5. The molecule has 0 aliphatic carbocycles. The number of nitrogens with zero attached hydrogens (tertiary/aromatic N) is 1. The molecule has 0 saturated heterocycles. The van der Waals surface area contributed by atoms with Gasteiger partial charge in [-0.3, -0.25) is 10.1 Å². The van der Waals surface area contributed by atoms with Crippen LogP contribution in [0.25, 0.3) is 11.8 Å². The van der Waals surface area contributed by atoms with Crippen molar-refractivity contribution in [2.45, 2.75) is 6.61 Å². The van der Waals surface area contributed by atoms with Crippen LogP contribution in [0.3, 0.4) is 0 Å². The summed E-state index contributed by atoms with van der Waals surface area (Å²) in [6, 6.07) is 17.1. The van der Waals surface area contributed by atoms with Crippen molar-refractivity contribution in [1.29, 1.82) is 0 Å². The lowest BCUT2D eigenvalue weighted by atomic mass is 10.0. The summed E-state index contributed by atoms with van der Waals surface area (Å²) in [4.78, 5) is 23.4. The Morgan fingerprint density at radius 1 is 0.969 bits per heavy atom. The molecule has 162 valence electrons. The standard InChI is InChI=1S/C24H19NO7/c1-29-22-12-18-19(13-23(22)30-2)24(26)32-21(18)11-16-10-17(8-9-20(16)25(27)28)31-14-15-6-4-3-5-7-15/h3-13H,14H2,1-2H3. The van der Waals surface area contributed by atoms with Gasteiger partial charge in [-0.15, -0.1) is 0 Å². The number of methoxy groups -OCH3 is 2. The molecule has 0 aromatic heterocycles. The quantitative estimate of drug-likeness (QED) is 0.298. The summed E-state index contributed by atoms with van der Waals surface area (Å²) in [5.41, 5.74) is 1.80. The second-order valence-corrected chi connectivity index (χ2v) is 6.90. The summed E-state index contributed by atoms with van der Waals surface area (Å²) in [7, 11) is 2.94. The fourth-order valence-corrected chi connectivity index (χ4v) is 3.36. The lowest BCUT2D eigenvalue weighted by molar-refractivity contribution is -0.385. The highest BCUT2D eigenvalue weighted by molar-refractivity contribution is 6.06. The van der Waals surface area contributed by atoms with Crippen molar-refractivity contribution in [3.8, 4) is 17.2 Å². The average Bonchev–Trinajstić information content (AvgIpc) is 3.11. The van der Waals surface area contributed by atoms with Gasteiger partial charge in [-0.25, -0.2) is 4.79 Å². The molecule has 0 fully saturated rings. The van der Waals surface area contributed by atoms with E-state index in [1.54, 1.807) is 12.1 Å². The number of hydrogen-bond donors (Lipinski definition) is 0. The fraction of sp³-hybridized carbons (Fsp3) is 0.125. The lowest BCUT2D eigenvalue weighted by Gasteiger charge is -2.09. The van der Waals surface area contributed by atoms with Gasteiger partial charge in [0, 0.05) is 11.6 Å². The highest BCUT2D eigenvalue weighted by Gasteiger charge is 2.30. The van der Waals surface area contributed by atoms with Gasteiger partial charge in [0.1, 0.15) is 18.1 Å². The van der Waals surface area contributed by atoms with E-state index in [9.17, 15) is 14.9 Å². The topological polar surface area (TPSA) is 97.1 Å². The Labute approximate surface area is 183 Å². The Morgan fingerprint density at radius 2 is 1.66 bits per heavy atom. The van der Waals surface area contributed by atoms with E-state index in [2.05, 4.69) is 0 Å². The summed E-state index contributed by atoms with van der Waals surface area (Å²) in [5, 5.41) is 11.6. The summed E-state index contributed by atoms with van der Waals surface area (Å²) in [6.07, 6.45) is 1.45. The number of nitro benzene ring substituents is 1. The molecule has 1 aliphatic rings. The predicted molar refractivity (Wildman–Crippen MR) is 117 cm³/mol. The number of benzene rings is 3. The molecular formula is C24H19NO7. The minimum atomic E-state index is -0.577. The SMILES string of the molecule is COc1cc2c(cc1OC)C(=Cc1cc(OCc3ccccc3)ccc1[N+](=O)[O-])OC2=O. The van der Waals surface area contributed by atoms with Crippen molar-refractivity contribution in [1.82, 2.24) is 0 Å². The Balaban J connectivity index is 1.72. The van der Waals surface area contributed by atoms with Gasteiger partial charge in [-0.1, -0.05) is 30.3 Å². The predicted octanol–water partition coefficient (Wildman–Crippen LogP) is 4.86. The number of nitro groups is 1. The van der Waals surface area contributed by atoms with Crippen molar-refractivity contribution in [3.63, 3.8) is 0 Å². The van der Waals surface area contributed by atoms with Gasteiger partial charge >= 0.3 is 5.97 Å². The van der Waals surface area contributed by atoms with E-state index < -0.39 is 10.9 Å². The van der Waals surface area contributed by atoms with Crippen molar-refractivity contribution in [2.75, 3.05) is 14.2 Å². The minimum Gasteiger partial charge on any atom is -0.493 e. The normalized spacial score (nSPS) is 13.4. The van der Waals surface area contributed by atoms with Crippen molar-refractivity contribution in [2.24, 2.45) is 0 Å². The largest absolute Gasteiger partial charge is 0.493 e. The number of hydrogen-bond acceptors (Lipinski definition) is 7. The van der Waals surface area contributed by atoms with Gasteiger partial charge in [-0.2, -0.15) is 0 Å². The third kappa shape index (κ3) is 4.11. The number of fused-ring (bicyclic) bond motifs is 1. The minimum absolute atomic E-state index is 0.144. The molecule has 8 heteroatoms. The molecule has 0 radical (unpaired) electrons. The van der Waals surface area contributed by atoms with Crippen LogP contribution >= 0.6 is 0 Å². The van der Waals surface area contributed by atoms with Crippen LogP contribution in [-0.4, -0.2) is 25.1 Å². The second-order valence-electron chi connectivity index (χ2n) is 6.90. The zero-order valence-electron chi connectivity index (χ0n) is 17.4. The molecule has 0 amide bonds. The molecule has 0 unspecified atom stereocenters. The van der Waals surface area contributed by atoms with Gasteiger partial charge in [0.15, 0.2) is 11.5 Å². The van der Waals surface area contributed by atoms with Gasteiger partial charge < -0.3 is 18.9 Å². The number of esters is 1. The van der Waals surface area contributed by atoms with Crippen LogP contribution in [0.15, 0.2) is 60.7 Å². The average molecular weight is 433 g/mol. The fourth-order valence-electron chi connectivity index (χ4n) is 3.36. The van der Waals surface area contributed by atoms with Gasteiger partial charge in [0.05, 0.1) is 30.3 Å². The zero-order valence-corrected chi connectivity index (χ0v) is 17.4. The molecule has 1 heterocycles. The van der Waals surface area contributed by atoms with Crippen LogP contribution < -0.4 is 14.2 Å². The molecule has 4 rings (SSSR count). The molecular weight excluding hydrogens is 414 g/mol. The first-order valence-corrected chi connectivity index (χ1v) is 9.65. The molecule has 3 aromatic rings. The van der Waals surface area contributed by atoms with Crippen molar-refractivity contribution in [3.05, 3.63) is 93.0 Å². The number of ether oxygens (including phenoxy) is 4. The monoisotopic (exact) mass is 433 g/mol. The Kier molecular flexibility index (Phi) is 5.76. The molecule has 0 N–H and O–H groups in total. The van der Waals surface area contributed by atoms with E-state index in [-0.39, 0.29) is 22.6 Å². The summed E-state index contributed by atoms with van der Waals surface area (Å²) >= 11 is 0. The molecule has 0 bridgehead atoms. The van der Waals surface area contributed by atoms with Crippen LogP contribution in [0.5, 0.6) is 17.2 Å². The summed E-state index contributed by atoms with van der Waals surface area (Å²) < 4.78 is 21.7. The smallest absolute Gasteiger partial charge is 0.344 e. The highest BCUT2D eigenvalue weighted by atomic mass is 16.6. The van der Waals surface area contributed by atoms with E-state index in [1.165, 1.54) is 38.5 Å². The number of carbonyl (C=O) groups excluding carboxylic acids is 1. The highest BCUT2D eigenvalue weighted by Crippen LogP contribution is 2.40. The number of cyclic esters (lactones) is 1. The number of rotatable bonds is 7. The van der Waals surface area contributed by atoms with Crippen LogP contribution in [0.4, 0.5) is 5.69 Å². The van der Waals surface area contributed by atoms with Crippen molar-refractivity contribution < 1.29 is 28.7 Å². The molecule has 0 saturated carbocycles. The van der Waals surface area contributed by atoms with Crippen LogP contribution in [-0.2, 0) is 11.3 Å². The Bertz CT molecular complexity index is 1220. The van der Waals surface area contributed by atoms with E-state index in [0.29, 0.717) is 29.4 Å². The molecule has 8 nitrogen and oxygen atoms in total. The summed E-state index contributed by atoms with van der Waals surface area (Å²) in [6.45, 7) is 0.309. The molecule has 1 aliphatic heterocycles. The van der Waals surface area contributed by atoms with Crippen LogP contribution in [0.2, 0.25) is 0 Å². The van der Waals surface area contributed by atoms with Crippen LogP contribution in [0, 0.1) is 10.1 Å². The van der Waals surface area contributed by atoms with Crippen molar-refractivity contribution >= 4 is 23.5 Å². The van der Waals surface area contributed by atoms with E-state index >= 15 is 0 Å². The lowest BCUT2D eigenvalue weighted by Crippen LogP contribution is -1.97. The third-order valence-electron chi connectivity index (χ3n) is 4.94. The maximum atomic E-state index is 12.4. The summed E-state index contributed by atoms with van der Waals surface area (Å²) in [5.74, 6) is 0.834. The Hall–Kier alpha value is -4.33. The van der Waals surface area contributed by atoms with Gasteiger partial charge in [0.25, 0.3) is 5.69 Å². The van der Waals surface area contributed by atoms with E-state index in [4.69, 9.17) is 18.9 Å². The first kappa shape index (κ1) is 20.9. The maximum Gasteiger partial charge on any atom is 0.344 e. The molecule has 0 atom stereocenters. The molecule has 0 spiro atoms. The zero-order chi connectivity index (χ0) is 22.7. The van der Waals surface area contributed by atoms with E-state index in [0.717, 1.165) is 5.56 Å². The molecule has 32 heavy (non-hydrogen) atoms. The second kappa shape index (κ2) is 8.81. The van der Waals surface area contributed by atoms with E-state index in [1.807, 2.05) is 30.3 Å². The van der Waals surface area contributed by atoms with Gasteiger partial charge in [-0.05, 0) is 35.9 Å². The van der Waals surface area contributed by atoms with Crippen LogP contribution in [0.1, 0.15) is 27.0 Å².